The molecule has 0 N–H and O–H groups in total. The summed E-state index contributed by atoms with van der Waals surface area (Å²) in [6.45, 7) is 0.856. The number of piperazine rings is 1. The fourth-order valence-electron chi connectivity index (χ4n) is 3.36. The lowest BCUT2D eigenvalue weighted by molar-refractivity contribution is 0.0700. The number of rotatable bonds is 3. The van der Waals surface area contributed by atoms with E-state index >= 15 is 0 Å². The minimum Gasteiger partial charge on any atom is -0.336 e. The molecule has 1 saturated heterocycles. The molecule has 0 saturated carbocycles. The number of halogens is 1. The molecule has 1 aromatic heterocycles. The summed E-state index contributed by atoms with van der Waals surface area (Å²) in [5.41, 5.74) is 1.28. The Morgan fingerprint density at radius 2 is 1.71 bits per heavy atom. The highest BCUT2D eigenvalue weighted by atomic mass is 32.2. The van der Waals surface area contributed by atoms with Crippen LogP contribution in [0.5, 0.6) is 0 Å². The number of sulfonamides is 1. The van der Waals surface area contributed by atoms with Gasteiger partial charge in [0.15, 0.2) is 0 Å². The van der Waals surface area contributed by atoms with E-state index < -0.39 is 15.8 Å². The zero-order chi connectivity index (χ0) is 19.7. The first-order valence-electron chi connectivity index (χ1n) is 8.85. The molecular weight excluding hydrogens is 381 g/mol. The standard InChI is InChI=1S/C20H18FN3O3S/c21-15-4-3-5-16(14-15)28(26,27)24-12-10-23(11-13-24)20(25)18-8-9-22-19-7-2-1-6-17(18)19/h1-9,14H,10-13H2. The van der Waals surface area contributed by atoms with Gasteiger partial charge in [-0.25, -0.2) is 12.8 Å². The maximum absolute atomic E-state index is 13.4. The monoisotopic (exact) mass is 399 g/mol. The summed E-state index contributed by atoms with van der Waals surface area (Å²) < 4.78 is 40.1. The molecule has 144 valence electrons. The van der Waals surface area contributed by atoms with E-state index in [4.69, 9.17) is 0 Å². The van der Waals surface area contributed by atoms with Crippen molar-refractivity contribution in [1.29, 1.82) is 0 Å². The number of pyridine rings is 1. The van der Waals surface area contributed by atoms with E-state index in [-0.39, 0.29) is 37.0 Å². The second-order valence-corrected chi connectivity index (χ2v) is 8.47. The summed E-state index contributed by atoms with van der Waals surface area (Å²) in [7, 11) is -3.79. The lowest BCUT2D eigenvalue weighted by Gasteiger charge is -2.34. The van der Waals surface area contributed by atoms with Crippen molar-refractivity contribution < 1.29 is 17.6 Å². The van der Waals surface area contributed by atoms with Gasteiger partial charge >= 0.3 is 0 Å². The topological polar surface area (TPSA) is 70.6 Å². The first kappa shape index (κ1) is 18.5. The number of para-hydroxylation sites is 1. The SMILES string of the molecule is O=C(c1ccnc2ccccc12)N1CCN(S(=O)(=O)c2cccc(F)c2)CC1. The van der Waals surface area contributed by atoms with E-state index in [1.165, 1.54) is 22.5 Å². The number of carbonyl (C=O) groups is 1. The Kier molecular flexibility index (Phi) is 4.82. The van der Waals surface area contributed by atoms with Gasteiger partial charge in [-0.15, -0.1) is 0 Å². The highest BCUT2D eigenvalue weighted by Crippen LogP contribution is 2.21. The van der Waals surface area contributed by atoms with Crippen LogP contribution in [0.2, 0.25) is 0 Å². The van der Waals surface area contributed by atoms with Gasteiger partial charge in [0.1, 0.15) is 5.82 Å². The van der Waals surface area contributed by atoms with Crippen LogP contribution >= 0.6 is 0 Å². The molecule has 1 aliphatic rings. The Hall–Kier alpha value is -2.84. The summed E-state index contributed by atoms with van der Waals surface area (Å²) >= 11 is 0. The van der Waals surface area contributed by atoms with Crippen molar-refractivity contribution in [2.45, 2.75) is 4.90 Å². The van der Waals surface area contributed by atoms with E-state index in [2.05, 4.69) is 4.98 Å². The van der Waals surface area contributed by atoms with Crippen LogP contribution < -0.4 is 0 Å². The Balaban J connectivity index is 1.52. The number of amides is 1. The fourth-order valence-corrected chi connectivity index (χ4v) is 4.81. The molecule has 1 aliphatic heterocycles. The van der Waals surface area contributed by atoms with E-state index in [9.17, 15) is 17.6 Å². The molecule has 0 aliphatic carbocycles. The van der Waals surface area contributed by atoms with Crippen molar-refractivity contribution in [3.63, 3.8) is 0 Å². The van der Waals surface area contributed by atoms with Gasteiger partial charge in [0.25, 0.3) is 5.91 Å². The molecule has 28 heavy (non-hydrogen) atoms. The minimum absolute atomic E-state index is 0.0765. The van der Waals surface area contributed by atoms with Crippen molar-refractivity contribution in [1.82, 2.24) is 14.2 Å². The van der Waals surface area contributed by atoms with E-state index in [0.717, 1.165) is 17.0 Å². The molecule has 0 unspecified atom stereocenters. The lowest BCUT2D eigenvalue weighted by atomic mass is 10.1. The molecule has 1 fully saturated rings. The molecule has 2 aromatic carbocycles. The van der Waals surface area contributed by atoms with Gasteiger partial charge in [-0.3, -0.25) is 9.78 Å². The molecule has 0 bridgehead atoms. The normalized spacial score (nSPS) is 15.7. The maximum Gasteiger partial charge on any atom is 0.254 e. The van der Waals surface area contributed by atoms with E-state index in [1.54, 1.807) is 17.2 Å². The molecule has 3 aromatic rings. The smallest absolute Gasteiger partial charge is 0.254 e. The number of benzene rings is 2. The summed E-state index contributed by atoms with van der Waals surface area (Å²) in [5.74, 6) is -0.749. The van der Waals surface area contributed by atoms with Crippen molar-refractivity contribution in [3.8, 4) is 0 Å². The summed E-state index contributed by atoms with van der Waals surface area (Å²) in [6, 6.07) is 14.0. The zero-order valence-electron chi connectivity index (χ0n) is 15.0. The maximum atomic E-state index is 13.4. The Morgan fingerprint density at radius 3 is 2.46 bits per heavy atom. The van der Waals surface area contributed by atoms with Gasteiger partial charge in [-0.1, -0.05) is 24.3 Å². The molecular formula is C20H18FN3O3S. The predicted molar refractivity (Wildman–Crippen MR) is 103 cm³/mol. The third-order valence-corrected chi connectivity index (χ3v) is 6.73. The lowest BCUT2D eigenvalue weighted by Crippen LogP contribution is -2.50. The van der Waals surface area contributed by atoms with Gasteiger partial charge in [0.05, 0.1) is 16.0 Å². The van der Waals surface area contributed by atoms with Gasteiger partial charge in [0.2, 0.25) is 10.0 Å². The zero-order valence-corrected chi connectivity index (χ0v) is 15.8. The van der Waals surface area contributed by atoms with Crippen LogP contribution in [-0.4, -0.2) is 54.7 Å². The summed E-state index contributed by atoms with van der Waals surface area (Å²) in [5, 5.41) is 0.768. The highest BCUT2D eigenvalue weighted by molar-refractivity contribution is 7.89. The van der Waals surface area contributed by atoms with Crippen LogP contribution in [0.1, 0.15) is 10.4 Å². The Bertz CT molecular complexity index is 1140. The molecule has 4 rings (SSSR count). The Labute approximate surface area is 162 Å². The van der Waals surface area contributed by atoms with Gasteiger partial charge in [0, 0.05) is 37.8 Å². The minimum atomic E-state index is -3.79. The van der Waals surface area contributed by atoms with Crippen molar-refractivity contribution >= 4 is 26.8 Å². The van der Waals surface area contributed by atoms with Crippen LogP contribution in [-0.2, 0) is 10.0 Å². The summed E-state index contributed by atoms with van der Waals surface area (Å²) in [6.07, 6.45) is 1.60. The highest BCUT2D eigenvalue weighted by Gasteiger charge is 2.31. The fraction of sp³-hybridized carbons (Fsp3) is 0.200. The first-order valence-corrected chi connectivity index (χ1v) is 10.3. The first-order chi connectivity index (χ1) is 13.5. The van der Waals surface area contributed by atoms with E-state index in [1.807, 2.05) is 24.3 Å². The third kappa shape index (κ3) is 3.36. The average Bonchev–Trinajstić information content (AvgIpc) is 2.73. The molecule has 6 nitrogen and oxygen atoms in total. The number of fused-ring (bicyclic) bond motifs is 1. The Morgan fingerprint density at radius 1 is 0.964 bits per heavy atom. The molecule has 2 heterocycles. The molecule has 0 radical (unpaired) electrons. The van der Waals surface area contributed by atoms with Crippen molar-refractivity contribution in [2.75, 3.05) is 26.2 Å². The quantitative estimate of drug-likeness (QED) is 0.679. The van der Waals surface area contributed by atoms with Gasteiger partial charge < -0.3 is 4.90 Å². The molecule has 0 spiro atoms. The van der Waals surface area contributed by atoms with Gasteiger partial charge in [-0.05, 0) is 30.3 Å². The number of aromatic nitrogens is 1. The predicted octanol–water partition coefficient (Wildman–Crippen LogP) is 2.52. The van der Waals surface area contributed by atoms with Crippen molar-refractivity contribution in [3.05, 3.63) is 72.2 Å². The average molecular weight is 399 g/mol. The molecule has 1 amide bonds. The number of carbonyl (C=O) groups excluding carboxylic acids is 1. The second kappa shape index (κ2) is 7.29. The van der Waals surface area contributed by atoms with Gasteiger partial charge in [-0.2, -0.15) is 4.31 Å². The number of hydrogen-bond acceptors (Lipinski definition) is 4. The summed E-state index contributed by atoms with van der Waals surface area (Å²) in [4.78, 5) is 18.8. The van der Waals surface area contributed by atoms with E-state index in [0.29, 0.717) is 5.56 Å². The van der Waals surface area contributed by atoms with Crippen molar-refractivity contribution in [2.24, 2.45) is 0 Å². The molecule has 0 atom stereocenters. The van der Waals surface area contributed by atoms with Crippen LogP contribution in [0.4, 0.5) is 4.39 Å². The van der Waals surface area contributed by atoms with Crippen LogP contribution in [0.25, 0.3) is 10.9 Å². The largest absolute Gasteiger partial charge is 0.336 e. The van der Waals surface area contributed by atoms with Crippen LogP contribution in [0.15, 0.2) is 65.7 Å². The van der Waals surface area contributed by atoms with Crippen LogP contribution in [0, 0.1) is 5.82 Å². The van der Waals surface area contributed by atoms with Crippen LogP contribution in [0.3, 0.4) is 0 Å². The molecule has 8 heteroatoms. The second-order valence-electron chi connectivity index (χ2n) is 6.53. The third-order valence-electron chi connectivity index (χ3n) is 4.84. The number of nitrogens with zero attached hydrogens (tertiary/aromatic N) is 3. The number of hydrogen-bond donors (Lipinski definition) is 0.